The second kappa shape index (κ2) is 7.81. The van der Waals surface area contributed by atoms with Crippen LogP contribution in [0.15, 0.2) is 40.2 Å². The molecule has 29 heavy (non-hydrogen) atoms. The summed E-state index contributed by atoms with van der Waals surface area (Å²) >= 11 is 5.05. The summed E-state index contributed by atoms with van der Waals surface area (Å²) in [6.07, 6.45) is 1.04. The average Bonchev–Trinajstić information content (AvgIpc) is 3.52. The Kier molecular flexibility index (Phi) is 5.03. The van der Waals surface area contributed by atoms with Crippen LogP contribution in [0.1, 0.15) is 17.5 Å². The predicted molar refractivity (Wildman–Crippen MR) is 117 cm³/mol. The van der Waals surface area contributed by atoms with Crippen molar-refractivity contribution in [2.75, 3.05) is 6.79 Å². The zero-order valence-electron chi connectivity index (χ0n) is 15.9. The molecule has 1 aliphatic heterocycles. The number of thiophene rings is 1. The summed E-state index contributed by atoms with van der Waals surface area (Å²) in [5.74, 6) is 3.22. The van der Waals surface area contributed by atoms with Crippen LogP contribution in [0.25, 0.3) is 22.0 Å². The van der Waals surface area contributed by atoms with Crippen LogP contribution in [0.4, 0.5) is 0 Å². The molecule has 0 amide bonds. The van der Waals surface area contributed by atoms with Crippen molar-refractivity contribution in [2.45, 2.75) is 24.3 Å². The van der Waals surface area contributed by atoms with Gasteiger partial charge in [0.25, 0.3) is 0 Å². The van der Waals surface area contributed by atoms with E-state index in [1.807, 2.05) is 25.2 Å². The smallest absolute Gasteiger partial charge is 0.231 e. The molecule has 0 spiro atoms. The van der Waals surface area contributed by atoms with Gasteiger partial charge in [-0.05, 0) is 30.7 Å². The fourth-order valence-corrected chi connectivity index (χ4v) is 5.59. The standard InChI is InChI=1S/C20H18N4O2S3/c1-3-15-6-13(8-27-15)18-22-23-20(24(18)2)29-10-14-9-28-19(21-14)12-4-5-16-17(7-12)26-11-25-16/h4-9H,3,10-11H2,1-2H3. The van der Waals surface area contributed by atoms with Gasteiger partial charge in [-0.15, -0.1) is 32.9 Å². The maximum atomic E-state index is 5.47. The molecule has 0 N–H and O–H groups in total. The summed E-state index contributed by atoms with van der Waals surface area (Å²) in [7, 11) is 2.01. The fraction of sp³-hybridized carbons (Fsp3) is 0.250. The van der Waals surface area contributed by atoms with E-state index in [-0.39, 0.29) is 6.79 Å². The molecule has 0 aliphatic carbocycles. The molecule has 148 valence electrons. The number of aromatic nitrogens is 4. The molecule has 0 bridgehead atoms. The van der Waals surface area contributed by atoms with E-state index in [1.165, 1.54) is 4.88 Å². The number of thiazole rings is 1. The van der Waals surface area contributed by atoms with Crippen LogP contribution in [-0.4, -0.2) is 26.5 Å². The van der Waals surface area contributed by atoms with Crippen molar-refractivity contribution < 1.29 is 9.47 Å². The first-order valence-corrected chi connectivity index (χ1v) is 11.9. The molecule has 5 rings (SSSR count). The van der Waals surface area contributed by atoms with Crippen molar-refractivity contribution in [1.82, 2.24) is 19.7 Å². The molecule has 4 heterocycles. The minimum absolute atomic E-state index is 0.281. The Balaban J connectivity index is 1.29. The molecule has 1 aromatic carbocycles. The Labute approximate surface area is 180 Å². The minimum atomic E-state index is 0.281. The van der Waals surface area contributed by atoms with Crippen molar-refractivity contribution in [3.8, 4) is 33.5 Å². The second-order valence-corrected chi connectivity index (χ2v) is 9.32. The fourth-order valence-electron chi connectivity index (χ4n) is 3.05. The Morgan fingerprint density at radius 1 is 1.07 bits per heavy atom. The SMILES string of the molecule is CCc1cc(-c2nnc(SCc3csc(-c4ccc5c(c4)OCO5)n3)n2C)cs1. The Hall–Kier alpha value is -2.36. The summed E-state index contributed by atoms with van der Waals surface area (Å²) < 4.78 is 12.9. The number of hydrogen-bond donors (Lipinski definition) is 0. The zero-order valence-corrected chi connectivity index (χ0v) is 18.4. The van der Waals surface area contributed by atoms with Crippen molar-refractivity contribution in [3.63, 3.8) is 0 Å². The van der Waals surface area contributed by atoms with Gasteiger partial charge in [-0.1, -0.05) is 18.7 Å². The minimum Gasteiger partial charge on any atom is -0.454 e. The molecule has 0 saturated carbocycles. The second-order valence-electron chi connectivity index (χ2n) is 6.52. The third kappa shape index (κ3) is 3.65. The number of ether oxygens (including phenoxy) is 2. The van der Waals surface area contributed by atoms with Gasteiger partial charge in [0.15, 0.2) is 22.5 Å². The molecule has 0 atom stereocenters. The lowest BCUT2D eigenvalue weighted by molar-refractivity contribution is 0.174. The first-order chi connectivity index (χ1) is 14.2. The van der Waals surface area contributed by atoms with E-state index in [2.05, 4.69) is 38.5 Å². The Bertz CT molecular complexity index is 1160. The summed E-state index contributed by atoms with van der Waals surface area (Å²) in [6.45, 7) is 2.45. The highest BCUT2D eigenvalue weighted by Gasteiger charge is 2.16. The highest BCUT2D eigenvalue weighted by atomic mass is 32.2. The predicted octanol–water partition coefficient (Wildman–Crippen LogP) is 5.25. The van der Waals surface area contributed by atoms with Gasteiger partial charge in [0, 0.05) is 39.6 Å². The maximum Gasteiger partial charge on any atom is 0.231 e. The van der Waals surface area contributed by atoms with E-state index < -0.39 is 0 Å². The van der Waals surface area contributed by atoms with Gasteiger partial charge in [-0.2, -0.15) is 0 Å². The van der Waals surface area contributed by atoms with Crippen molar-refractivity contribution in [3.05, 3.63) is 45.6 Å². The Morgan fingerprint density at radius 2 is 1.97 bits per heavy atom. The van der Waals surface area contributed by atoms with Gasteiger partial charge in [-0.3, -0.25) is 0 Å². The normalized spacial score (nSPS) is 12.6. The number of hydrogen-bond acceptors (Lipinski definition) is 8. The molecule has 0 fully saturated rings. The van der Waals surface area contributed by atoms with Crippen molar-refractivity contribution in [2.24, 2.45) is 7.05 Å². The largest absolute Gasteiger partial charge is 0.454 e. The molecule has 0 unspecified atom stereocenters. The molecule has 6 nitrogen and oxygen atoms in total. The molecular weight excluding hydrogens is 424 g/mol. The van der Waals surface area contributed by atoms with E-state index in [0.29, 0.717) is 0 Å². The van der Waals surface area contributed by atoms with Crippen LogP contribution in [-0.2, 0) is 19.2 Å². The zero-order chi connectivity index (χ0) is 19.8. The number of rotatable bonds is 6. The van der Waals surface area contributed by atoms with Gasteiger partial charge in [0.1, 0.15) is 5.01 Å². The first-order valence-electron chi connectivity index (χ1n) is 9.15. The van der Waals surface area contributed by atoms with E-state index in [4.69, 9.17) is 14.5 Å². The number of thioether (sulfide) groups is 1. The number of fused-ring (bicyclic) bond motifs is 1. The number of aryl methyl sites for hydroxylation is 1. The number of nitrogens with zero attached hydrogens (tertiary/aromatic N) is 4. The van der Waals surface area contributed by atoms with E-state index in [0.717, 1.165) is 56.5 Å². The summed E-state index contributed by atoms with van der Waals surface area (Å²) in [5, 5.41) is 14.9. The summed E-state index contributed by atoms with van der Waals surface area (Å²) in [6, 6.07) is 8.13. The van der Waals surface area contributed by atoms with Gasteiger partial charge in [0.05, 0.1) is 5.69 Å². The monoisotopic (exact) mass is 442 g/mol. The highest BCUT2D eigenvalue weighted by molar-refractivity contribution is 7.98. The van der Waals surface area contributed by atoms with Crippen LogP contribution in [0.2, 0.25) is 0 Å². The first kappa shape index (κ1) is 18.7. The number of benzene rings is 1. The molecule has 4 aromatic rings. The van der Waals surface area contributed by atoms with Gasteiger partial charge in [0.2, 0.25) is 6.79 Å². The van der Waals surface area contributed by atoms with E-state index >= 15 is 0 Å². The summed E-state index contributed by atoms with van der Waals surface area (Å²) in [5.41, 5.74) is 3.20. The van der Waals surface area contributed by atoms with Crippen LogP contribution in [0.3, 0.4) is 0 Å². The van der Waals surface area contributed by atoms with Crippen LogP contribution in [0.5, 0.6) is 11.5 Å². The van der Waals surface area contributed by atoms with E-state index in [1.54, 1.807) is 34.4 Å². The molecule has 3 aromatic heterocycles. The van der Waals surface area contributed by atoms with Crippen LogP contribution < -0.4 is 9.47 Å². The lowest BCUT2D eigenvalue weighted by Gasteiger charge is -2.01. The molecule has 0 radical (unpaired) electrons. The third-order valence-electron chi connectivity index (χ3n) is 4.62. The quantitative estimate of drug-likeness (QED) is 0.380. The van der Waals surface area contributed by atoms with Gasteiger partial charge in [-0.25, -0.2) is 4.98 Å². The Morgan fingerprint density at radius 3 is 2.83 bits per heavy atom. The third-order valence-corrected chi connectivity index (χ3v) is 7.69. The van der Waals surface area contributed by atoms with Crippen molar-refractivity contribution in [1.29, 1.82) is 0 Å². The molecule has 0 saturated heterocycles. The van der Waals surface area contributed by atoms with Crippen LogP contribution in [0, 0.1) is 0 Å². The molecular formula is C20H18N4O2S3. The topological polar surface area (TPSA) is 62.1 Å². The van der Waals surface area contributed by atoms with Crippen LogP contribution >= 0.6 is 34.4 Å². The highest BCUT2D eigenvalue weighted by Crippen LogP contribution is 2.37. The summed E-state index contributed by atoms with van der Waals surface area (Å²) in [4.78, 5) is 6.13. The lowest BCUT2D eigenvalue weighted by Crippen LogP contribution is -1.94. The van der Waals surface area contributed by atoms with Crippen molar-refractivity contribution >= 4 is 34.4 Å². The lowest BCUT2D eigenvalue weighted by atomic mass is 10.2. The average molecular weight is 443 g/mol. The van der Waals surface area contributed by atoms with Gasteiger partial charge >= 0.3 is 0 Å². The van der Waals surface area contributed by atoms with Gasteiger partial charge < -0.3 is 14.0 Å². The molecule has 9 heteroatoms. The maximum absolute atomic E-state index is 5.47. The molecule has 1 aliphatic rings. The van der Waals surface area contributed by atoms with E-state index in [9.17, 15) is 0 Å².